The average molecular weight is 384 g/mol. The third-order valence-corrected chi connectivity index (χ3v) is 6.16. The van der Waals surface area contributed by atoms with Gasteiger partial charge in [0.15, 0.2) is 5.82 Å². The van der Waals surface area contributed by atoms with Crippen LogP contribution in [-0.2, 0) is 22.3 Å². The zero-order chi connectivity index (χ0) is 16.7. The van der Waals surface area contributed by atoms with Gasteiger partial charge in [-0.3, -0.25) is 0 Å². The van der Waals surface area contributed by atoms with Crippen molar-refractivity contribution in [2.75, 3.05) is 0 Å². The number of halogens is 1. The second-order valence-corrected chi connectivity index (χ2v) is 9.01. The van der Waals surface area contributed by atoms with Gasteiger partial charge in [-0.2, -0.15) is 9.61 Å². The first kappa shape index (κ1) is 15.9. The molecule has 0 saturated heterocycles. The van der Waals surface area contributed by atoms with E-state index in [0.29, 0.717) is 26.5 Å². The van der Waals surface area contributed by atoms with Gasteiger partial charge in [0, 0.05) is 10.9 Å². The van der Waals surface area contributed by atoms with E-state index in [-0.39, 0.29) is 12.3 Å². The molecule has 0 atom stereocenters. The lowest BCUT2D eigenvalue weighted by molar-refractivity contribution is 0.579. The van der Waals surface area contributed by atoms with E-state index >= 15 is 0 Å². The average Bonchev–Trinajstić information content (AvgIpc) is 3.17. The Morgan fingerprint density at radius 2 is 2.00 bits per heavy atom. The summed E-state index contributed by atoms with van der Waals surface area (Å²) in [5.41, 5.74) is 0.682. The fourth-order valence-corrected chi connectivity index (χ4v) is 4.45. The number of nitrogens with zero attached hydrogens (tertiary/aromatic N) is 4. The fourth-order valence-electron chi connectivity index (χ4n) is 2.36. The van der Waals surface area contributed by atoms with Gasteiger partial charge in [0.25, 0.3) is 0 Å². The molecule has 2 heterocycles. The molecule has 7 nitrogen and oxygen atoms in total. The smallest absolute Gasteiger partial charge is 0.212 e. The molecule has 1 saturated carbocycles. The van der Waals surface area contributed by atoms with Crippen LogP contribution in [0.3, 0.4) is 0 Å². The van der Waals surface area contributed by atoms with Crippen LogP contribution in [0.25, 0.3) is 4.96 Å². The molecule has 1 aliphatic rings. The van der Waals surface area contributed by atoms with Crippen LogP contribution in [-0.4, -0.2) is 28.2 Å². The SMILES string of the molecule is O=S(=O)(Cc1ccc(Cl)cc1)NCc1nn2c(C3CC3)nnc2s1. The van der Waals surface area contributed by atoms with Gasteiger partial charge in [0.05, 0.1) is 12.3 Å². The van der Waals surface area contributed by atoms with E-state index in [4.69, 9.17) is 11.6 Å². The molecule has 10 heteroatoms. The van der Waals surface area contributed by atoms with Crippen molar-refractivity contribution in [1.29, 1.82) is 0 Å². The van der Waals surface area contributed by atoms with Crippen LogP contribution < -0.4 is 4.72 Å². The van der Waals surface area contributed by atoms with Crippen LogP contribution in [0.5, 0.6) is 0 Å². The predicted molar refractivity (Wildman–Crippen MR) is 91.5 cm³/mol. The molecule has 126 valence electrons. The van der Waals surface area contributed by atoms with Crippen molar-refractivity contribution in [3.8, 4) is 0 Å². The highest BCUT2D eigenvalue weighted by Gasteiger charge is 2.30. The van der Waals surface area contributed by atoms with Crippen LogP contribution in [0, 0.1) is 0 Å². The zero-order valence-corrected chi connectivity index (χ0v) is 14.9. The van der Waals surface area contributed by atoms with Gasteiger partial charge >= 0.3 is 0 Å². The molecule has 24 heavy (non-hydrogen) atoms. The predicted octanol–water partition coefficient (Wildman–Crippen LogP) is 2.34. The van der Waals surface area contributed by atoms with E-state index in [2.05, 4.69) is 20.0 Å². The highest BCUT2D eigenvalue weighted by atomic mass is 35.5. The van der Waals surface area contributed by atoms with E-state index in [0.717, 1.165) is 18.7 Å². The highest BCUT2D eigenvalue weighted by Crippen LogP contribution is 2.39. The van der Waals surface area contributed by atoms with Crippen molar-refractivity contribution < 1.29 is 8.42 Å². The van der Waals surface area contributed by atoms with Crippen molar-refractivity contribution in [3.63, 3.8) is 0 Å². The molecule has 1 aromatic carbocycles. The molecule has 4 rings (SSSR count). The van der Waals surface area contributed by atoms with Crippen LogP contribution in [0.1, 0.15) is 35.2 Å². The van der Waals surface area contributed by atoms with Gasteiger partial charge in [0.2, 0.25) is 15.0 Å². The summed E-state index contributed by atoms with van der Waals surface area (Å²) in [4.78, 5) is 0.698. The normalized spacial score (nSPS) is 15.2. The fraction of sp³-hybridized carbons (Fsp3) is 0.357. The molecular weight excluding hydrogens is 370 g/mol. The Hall–Kier alpha value is -1.55. The van der Waals surface area contributed by atoms with Crippen LogP contribution in [0.4, 0.5) is 0 Å². The molecular formula is C14H14ClN5O2S2. The number of benzene rings is 1. The molecule has 0 radical (unpaired) electrons. The summed E-state index contributed by atoms with van der Waals surface area (Å²) < 4.78 is 28.7. The van der Waals surface area contributed by atoms with E-state index < -0.39 is 10.0 Å². The van der Waals surface area contributed by atoms with E-state index in [1.54, 1.807) is 28.8 Å². The lowest BCUT2D eigenvalue weighted by Crippen LogP contribution is -2.24. The van der Waals surface area contributed by atoms with Crippen molar-refractivity contribution in [2.24, 2.45) is 0 Å². The first-order valence-corrected chi connectivity index (χ1v) is 10.3. The summed E-state index contributed by atoms with van der Waals surface area (Å²) in [5, 5.41) is 13.9. The first-order valence-electron chi connectivity index (χ1n) is 7.43. The largest absolute Gasteiger partial charge is 0.234 e. The number of hydrogen-bond donors (Lipinski definition) is 1. The van der Waals surface area contributed by atoms with Crippen molar-refractivity contribution >= 4 is 37.9 Å². The van der Waals surface area contributed by atoms with Crippen molar-refractivity contribution in [2.45, 2.75) is 31.1 Å². The summed E-state index contributed by atoms with van der Waals surface area (Å²) in [5.74, 6) is 1.22. The van der Waals surface area contributed by atoms with Crippen molar-refractivity contribution in [3.05, 3.63) is 45.7 Å². The number of nitrogens with one attached hydrogen (secondary N) is 1. The second-order valence-electron chi connectivity index (χ2n) is 5.73. The van der Waals surface area contributed by atoms with E-state index in [9.17, 15) is 8.42 Å². The summed E-state index contributed by atoms with van der Waals surface area (Å²) in [7, 11) is -3.45. The minimum Gasteiger partial charge on any atom is -0.212 e. The van der Waals surface area contributed by atoms with Gasteiger partial charge in [0.1, 0.15) is 5.01 Å². The Morgan fingerprint density at radius 1 is 1.25 bits per heavy atom. The molecule has 2 aromatic heterocycles. The monoisotopic (exact) mass is 383 g/mol. The summed E-state index contributed by atoms with van der Waals surface area (Å²) in [6, 6.07) is 6.75. The van der Waals surface area contributed by atoms with E-state index in [1.807, 2.05) is 0 Å². The molecule has 1 N–H and O–H groups in total. The zero-order valence-electron chi connectivity index (χ0n) is 12.5. The summed E-state index contributed by atoms with van der Waals surface area (Å²) in [6.07, 6.45) is 2.22. The second kappa shape index (κ2) is 6.07. The number of hydrogen-bond acceptors (Lipinski definition) is 6. The molecule has 0 bridgehead atoms. The Bertz CT molecular complexity index is 976. The van der Waals surface area contributed by atoms with Gasteiger partial charge in [-0.1, -0.05) is 35.1 Å². The molecule has 0 amide bonds. The number of aromatic nitrogens is 4. The summed E-state index contributed by atoms with van der Waals surface area (Å²) in [6.45, 7) is 0.147. The molecule has 0 aliphatic heterocycles. The molecule has 3 aromatic rings. The third kappa shape index (κ3) is 3.44. The third-order valence-electron chi connectivity index (χ3n) is 3.71. The van der Waals surface area contributed by atoms with Crippen LogP contribution >= 0.6 is 22.9 Å². The van der Waals surface area contributed by atoms with Gasteiger partial charge in [-0.25, -0.2) is 13.1 Å². The van der Waals surface area contributed by atoms with Crippen LogP contribution in [0.15, 0.2) is 24.3 Å². The first-order chi connectivity index (χ1) is 11.5. The Balaban J connectivity index is 1.44. The number of rotatable bonds is 6. The number of fused-ring (bicyclic) bond motifs is 1. The Kier molecular flexibility index (Phi) is 4.03. The maximum atomic E-state index is 12.2. The highest BCUT2D eigenvalue weighted by molar-refractivity contribution is 7.88. The van der Waals surface area contributed by atoms with Crippen LogP contribution in [0.2, 0.25) is 5.02 Å². The maximum absolute atomic E-state index is 12.2. The van der Waals surface area contributed by atoms with Crippen molar-refractivity contribution in [1.82, 2.24) is 24.5 Å². The Morgan fingerprint density at radius 3 is 2.71 bits per heavy atom. The minimum absolute atomic E-state index is 0.0957. The lowest BCUT2D eigenvalue weighted by Gasteiger charge is -2.05. The number of sulfonamides is 1. The lowest BCUT2D eigenvalue weighted by atomic mass is 10.2. The quantitative estimate of drug-likeness (QED) is 0.705. The maximum Gasteiger partial charge on any atom is 0.234 e. The molecule has 1 aliphatic carbocycles. The molecule has 1 fully saturated rings. The summed E-state index contributed by atoms with van der Waals surface area (Å²) >= 11 is 7.15. The Labute approximate surface area is 147 Å². The standard InChI is InChI=1S/C14H14ClN5O2S2/c15-11-5-1-9(2-6-11)8-24(21,22)16-7-12-19-20-13(10-3-4-10)17-18-14(20)23-12/h1-2,5-6,10,16H,3-4,7-8H2. The minimum atomic E-state index is -3.45. The van der Waals surface area contributed by atoms with Gasteiger partial charge in [-0.15, -0.1) is 10.2 Å². The molecule has 0 unspecified atom stereocenters. The van der Waals surface area contributed by atoms with E-state index in [1.165, 1.54) is 11.3 Å². The van der Waals surface area contributed by atoms with Gasteiger partial charge < -0.3 is 0 Å². The topological polar surface area (TPSA) is 89.2 Å². The molecule has 0 spiro atoms. The van der Waals surface area contributed by atoms with Gasteiger partial charge in [-0.05, 0) is 30.5 Å².